The molecule has 1 heterocycles. The first-order chi connectivity index (χ1) is 13.0. The second-order valence-electron chi connectivity index (χ2n) is 5.87. The number of thioether (sulfide) groups is 1. The molecule has 4 nitrogen and oxygen atoms in total. The number of amidine groups is 1. The van der Waals surface area contributed by atoms with Crippen LogP contribution in [0.25, 0.3) is 6.08 Å². The molecule has 0 N–H and O–H groups in total. The number of methoxy groups -OCH3 is 1. The number of aliphatic imine (C=N–C) groups is 1. The Labute approximate surface area is 168 Å². The highest BCUT2D eigenvalue weighted by molar-refractivity contribution is 8.14. The highest BCUT2D eigenvalue weighted by Gasteiger charge is 2.32. The van der Waals surface area contributed by atoms with Gasteiger partial charge in [0.15, 0.2) is 5.17 Å². The summed E-state index contributed by atoms with van der Waals surface area (Å²) in [6.45, 7) is 5.67. The molecule has 1 aliphatic rings. The molecule has 0 radical (unpaired) electrons. The second kappa shape index (κ2) is 8.46. The Bertz CT molecular complexity index is 936. The van der Waals surface area contributed by atoms with Crippen LogP contribution in [-0.4, -0.2) is 23.9 Å². The first-order valence-electron chi connectivity index (χ1n) is 8.32. The minimum Gasteiger partial charge on any atom is -0.497 e. The number of aryl methyl sites for hydroxylation is 1. The van der Waals surface area contributed by atoms with Crippen LogP contribution in [0.3, 0.4) is 0 Å². The number of carbonyl (C=O) groups excluding carboxylic acids is 1. The summed E-state index contributed by atoms with van der Waals surface area (Å²) in [5.41, 5.74) is 2.91. The summed E-state index contributed by atoms with van der Waals surface area (Å²) in [6, 6.07) is 13.0. The van der Waals surface area contributed by atoms with Gasteiger partial charge in [0.2, 0.25) is 0 Å². The van der Waals surface area contributed by atoms with Crippen LogP contribution < -0.4 is 9.64 Å². The molecule has 2 aromatic carbocycles. The SMILES string of the molecule is C=CCSC1=N/C(=C\c2ccc(OC)cc2)C(=O)N1c1ccc(C)c(Cl)c1. The van der Waals surface area contributed by atoms with E-state index in [1.54, 1.807) is 30.2 Å². The third-order valence-corrected chi connectivity index (χ3v) is 5.33. The summed E-state index contributed by atoms with van der Waals surface area (Å²) in [7, 11) is 1.62. The Hall–Kier alpha value is -2.50. The van der Waals surface area contributed by atoms with Crippen molar-refractivity contribution in [3.63, 3.8) is 0 Å². The highest BCUT2D eigenvalue weighted by atomic mass is 35.5. The van der Waals surface area contributed by atoms with Gasteiger partial charge in [0.1, 0.15) is 11.4 Å². The Balaban J connectivity index is 1.97. The number of anilines is 1. The lowest BCUT2D eigenvalue weighted by molar-refractivity contribution is -0.113. The van der Waals surface area contributed by atoms with Crippen molar-refractivity contribution in [3.8, 4) is 5.75 Å². The van der Waals surface area contributed by atoms with E-state index in [2.05, 4.69) is 11.6 Å². The maximum atomic E-state index is 13.0. The summed E-state index contributed by atoms with van der Waals surface area (Å²) < 4.78 is 5.17. The van der Waals surface area contributed by atoms with Crippen LogP contribution in [0.5, 0.6) is 5.75 Å². The number of benzene rings is 2. The summed E-state index contributed by atoms with van der Waals surface area (Å²) >= 11 is 7.71. The van der Waals surface area contributed by atoms with Crippen molar-refractivity contribution in [2.24, 2.45) is 4.99 Å². The molecule has 0 aromatic heterocycles. The van der Waals surface area contributed by atoms with E-state index < -0.39 is 0 Å². The fraction of sp³-hybridized carbons (Fsp3) is 0.143. The number of amides is 1. The number of hydrogen-bond donors (Lipinski definition) is 0. The van der Waals surface area contributed by atoms with Gasteiger partial charge in [0.25, 0.3) is 5.91 Å². The van der Waals surface area contributed by atoms with E-state index in [-0.39, 0.29) is 5.91 Å². The standard InChI is InChI=1S/C21H19ClN2O2S/c1-4-11-27-21-23-19(12-15-6-9-17(26-3)10-7-15)20(25)24(21)16-8-5-14(2)18(22)13-16/h4-10,12-13H,1,11H2,2-3H3/b19-12-. The van der Waals surface area contributed by atoms with Crippen molar-refractivity contribution in [3.05, 3.63) is 77.0 Å². The zero-order valence-electron chi connectivity index (χ0n) is 15.1. The monoisotopic (exact) mass is 398 g/mol. The minimum atomic E-state index is -0.183. The topological polar surface area (TPSA) is 41.9 Å². The molecule has 0 bridgehead atoms. The molecule has 138 valence electrons. The van der Waals surface area contributed by atoms with Gasteiger partial charge in [-0.25, -0.2) is 4.99 Å². The lowest BCUT2D eigenvalue weighted by atomic mass is 10.1. The number of nitrogens with zero attached hydrogens (tertiary/aromatic N) is 2. The molecule has 2 aromatic rings. The van der Waals surface area contributed by atoms with Crippen LogP contribution in [0.2, 0.25) is 5.02 Å². The fourth-order valence-electron chi connectivity index (χ4n) is 2.53. The summed E-state index contributed by atoms with van der Waals surface area (Å²) in [4.78, 5) is 19.2. The molecule has 1 amide bonds. The zero-order chi connectivity index (χ0) is 19.4. The molecule has 1 aliphatic heterocycles. The molecule has 6 heteroatoms. The van der Waals surface area contributed by atoms with Gasteiger partial charge in [0.05, 0.1) is 12.8 Å². The summed E-state index contributed by atoms with van der Waals surface area (Å²) in [5, 5.41) is 1.22. The van der Waals surface area contributed by atoms with Crippen LogP contribution in [0, 0.1) is 6.92 Å². The number of rotatable bonds is 5. The van der Waals surface area contributed by atoms with Gasteiger partial charge in [0, 0.05) is 10.8 Å². The average Bonchev–Trinajstić information content (AvgIpc) is 2.98. The van der Waals surface area contributed by atoms with Gasteiger partial charge < -0.3 is 4.74 Å². The number of hydrogen-bond acceptors (Lipinski definition) is 4. The molecule has 27 heavy (non-hydrogen) atoms. The molecule has 0 saturated heterocycles. The van der Waals surface area contributed by atoms with Crippen LogP contribution >= 0.6 is 23.4 Å². The maximum absolute atomic E-state index is 13.0. The first kappa shape index (κ1) is 19.3. The van der Waals surface area contributed by atoms with Gasteiger partial charge in [-0.1, -0.05) is 47.6 Å². The second-order valence-corrected chi connectivity index (χ2v) is 7.27. The van der Waals surface area contributed by atoms with Crippen LogP contribution in [0.15, 0.2) is 65.8 Å². The lowest BCUT2D eigenvalue weighted by Crippen LogP contribution is -2.30. The van der Waals surface area contributed by atoms with Crippen molar-refractivity contribution < 1.29 is 9.53 Å². The first-order valence-corrected chi connectivity index (χ1v) is 9.68. The van der Waals surface area contributed by atoms with E-state index in [0.29, 0.717) is 27.3 Å². The van der Waals surface area contributed by atoms with Crippen molar-refractivity contribution in [1.29, 1.82) is 0 Å². The molecule has 0 spiro atoms. The van der Waals surface area contributed by atoms with Gasteiger partial charge in [-0.3, -0.25) is 9.69 Å². The average molecular weight is 399 g/mol. The molecule has 0 saturated carbocycles. The Morgan fingerprint density at radius 2 is 2.00 bits per heavy atom. The largest absolute Gasteiger partial charge is 0.497 e. The Morgan fingerprint density at radius 1 is 1.26 bits per heavy atom. The van der Waals surface area contributed by atoms with Gasteiger partial charge in [-0.05, 0) is 48.4 Å². The number of halogens is 1. The minimum absolute atomic E-state index is 0.183. The quantitative estimate of drug-likeness (QED) is 0.505. The van der Waals surface area contributed by atoms with Gasteiger partial charge in [-0.2, -0.15) is 0 Å². The van der Waals surface area contributed by atoms with Crippen molar-refractivity contribution in [2.45, 2.75) is 6.92 Å². The smallest absolute Gasteiger partial charge is 0.283 e. The highest BCUT2D eigenvalue weighted by Crippen LogP contribution is 2.32. The van der Waals surface area contributed by atoms with Crippen molar-refractivity contribution in [1.82, 2.24) is 0 Å². The van der Waals surface area contributed by atoms with Crippen LogP contribution in [0.1, 0.15) is 11.1 Å². The normalized spacial score (nSPS) is 15.2. The lowest BCUT2D eigenvalue weighted by Gasteiger charge is -2.18. The molecule has 0 atom stereocenters. The summed E-state index contributed by atoms with van der Waals surface area (Å²) in [5.74, 6) is 1.23. The molecular weight excluding hydrogens is 380 g/mol. The number of ether oxygens (including phenoxy) is 1. The maximum Gasteiger partial charge on any atom is 0.283 e. The Morgan fingerprint density at radius 3 is 2.63 bits per heavy atom. The zero-order valence-corrected chi connectivity index (χ0v) is 16.7. The Kier molecular flexibility index (Phi) is 6.04. The molecule has 0 unspecified atom stereocenters. The van der Waals surface area contributed by atoms with Crippen molar-refractivity contribution >= 4 is 46.2 Å². The third kappa shape index (κ3) is 4.26. The van der Waals surface area contributed by atoms with Crippen LogP contribution in [0.4, 0.5) is 5.69 Å². The van der Waals surface area contributed by atoms with Crippen LogP contribution in [-0.2, 0) is 4.79 Å². The van der Waals surface area contributed by atoms with E-state index in [9.17, 15) is 4.79 Å². The van der Waals surface area contributed by atoms with Gasteiger partial charge in [-0.15, -0.1) is 6.58 Å². The summed E-state index contributed by atoms with van der Waals surface area (Å²) in [6.07, 6.45) is 3.55. The van der Waals surface area contributed by atoms with Gasteiger partial charge >= 0.3 is 0 Å². The van der Waals surface area contributed by atoms with E-state index in [1.165, 1.54) is 11.8 Å². The van der Waals surface area contributed by atoms with E-state index >= 15 is 0 Å². The predicted octanol–water partition coefficient (Wildman–Crippen LogP) is 5.32. The van der Waals surface area contributed by atoms with Crippen molar-refractivity contribution in [2.75, 3.05) is 17.8 Å². The van der Waals surface area contributed by atoms with E-state index in [0.717, 1.165) is 16.9 Å². The predicted molar refractivity (Wildman–Crippen MR) is 115 cm³/mol. The van der Waals surface area contributed by atoms with E-state index in [1.807, 2.05) is 43.3 Å². The molecular formula is C21H19ClN2O2S. The third-order valence-electron chi connectivity index (χ3n) is 3.99. The molecule has 0 aliphatic carbocycles. The molecule has 0 fully saturated rings. The van der Waals surface area contributed by atoms with E-state index in [4.69, 9.17) is 16.3 Å². The molecule has 3 rings (SSSR count). The fourth-order valence-corrected chi connectivity index (χ4v) is 3.46. The number of carbonyl (C=O) groups is 1.